The topological polar surface area (TPSA) is 33.2 Å². The van der Waals surface area contributed by atoms with Crippen LogP contribution in [0.4, 0.5) is 0 Å². The second kappa shape index (κ2) is 6.34. The largest absolute Gasteiger partial charge is 0.337 e. The van der Waals surface area contributed by atoms with E-state index in [1.165, 1.54) is 26.5 Å². The van der Waals surface area contributed by atoms with Crippen LogP contribution in [-0.2, 0) is 4.79 Å². The Morgan fingerprint density at radius 2 is 1.76 bits per heavy atom. The molecular weight excluding hydrogens is 328 g/mol. The van der Waals surface area contributed by atoms with Gasteiger partial charge in [0, 0.05) is 40.6 Å². The molecule has 25 heavy (non-hydrogen) atoms. The average molecular weight is 350 g/mol. The number of aromatic nitrogens is 1. The van der Waals surface area contributed by atoms with Crippen molar-refractivity contribution < 1.29 is 4.79 Å². The standard InChI is InChI=1S/C21H22N2OS/c1-13-11-16(12-14(2)23(13)15(3)24)20-17-7-4-5-8-18(17)25-19-9-6-10-22-21(19)20/h4-10,13-14H,11-12H2,1-3H3. The number of fused-ring (bicyclic) bond motifs is 2. The van der Waals surface area contributed by atoms with Gasteiger partial charge < -0.3 is 4.90 Å². The lowest BCUT2D eigenvalue weighted by Gasteiger charge is -2.41. The Morgan fingerprint density at radius 3 is 2.48 bits per heavy atom. The van der Waals surface area contributed by atoms with E-state index in [9.17, 15) is 4.79 Å². The second-order valence-electron chi connectivity index (χ2n) is 6.96. The fraction of sp³-hybridized carbons (Fsp3) is 0.333. The van der Waals surface area contributed by atoms with Crippen LogP contribution in [-0.4, -0.2) is 27.9 Å². The van der Waals surface area contributed by atoms with Crippen LogP contribution < -0.4 is 0 Å². The van der Waals surface area contributed by atoms with Gasteiger partial charge in [-0.1, -0.05) is 35.5 Å². The van der Waals surface area contributed by atoms with Crippen molar-refractivity contribution in [2.45, 2.75) is 55.5 Å². The molecule has 2 aromatic rings. The molecule has 1 amide bonds. The number of benzene rings is 1. The van der Waals surface area contributed by atoms with Crippen molar-refractivity contribution in [3.8, 4) is 0 Å². The molecule has 0 spiro atoms. The first-order valence-electron chi connectivity index (χ1n) is 8.80. The summed E-state index contributed by atoms with van der Waals surface area (Å²) in [5.41, 5.74) is 5.08. The molecule has 1 fully saturated rings. The van der Waals surface area contributed by atoms with Gasteiger partial charge in [-0.2, -0.15) is 0 Å². The molecule has 4 heteroatoms. The Balaban J connectivity index is 1.87. The number of hydrogen-bond donors (Lipinski definition) is 0. The molecule has 0 N–H and O–H groups in total. The van der Waals surface area contributed by atoms with E-state index in [-0.39, 0.29) is 18.0 Å². The molecule has 2 aliphatic rings. The van der Waals surface area contributed by atoms with Gasteiger partial charge in [0.05, 0.1) is 5.69 Å². The molecule has 0 saturated carbocycles. The summed E-state index contributed by atoms with van der Waals surface area (Å²) in [5, 5.41) is 0. The first kappa shape index (κ1) is 16.4. The van der Waals surface area contributed by atoms with Gasteiger partial charge in [0.2, 0.25) is 5.91 Å². The number of likely N-dealkylation sites (tertiary alicyclic amines) is 1. The van der Waals surface area contributed by atoms with E-state index in [2.05, 4.69) is 44.2 Å². The lowest BCUT2D eigenvalue weighted by molar-refractivity contribution is -0.133. The first-order chi connectivity index (χ1) is 12.1. The molecule has 1 aromatic heterocycles. The third-order valence-electron chi connectivity index (χ3n) is 5.13. The monoisotopic (exact) mass is 350 g/mol. The van der Waals surface area contributed by atoms with Crippen LogP contribution in [0.3, 0.4) is 0 Å². The van der Waals surface area contributed by atoms with Crippen LogP contribution in [0.5, 0.6) is 0 Å². The normalized spacial score (nSPS) is 22.4. The van der Waals surface area contributed by atoms with E-state index in [0.29, 0.717) is 0 Å². The number of amides is 1. The molecule has 1 aromatic carbocycles. The Bertz CT molecular complexity index is 812. The van der Waals surface area contributed by atoms with Crippen molar-refractivity contribution in [2.75, 3.05) is 0 Å². The van der Waals surface area contributed by atoms with E-state index in [1.54, 1.807) is 18.7 Å². The minimum absolute atomic E-state index is 0.169. The van der Waals surface area contributed by atoms with E-state index in [0.717, 1.165) is 18.5 Å². The highest BCUT2D eigenvalue weighted by molar-refractivity contribution is 7.99. The molecule has 1 saturated heterocycles. The highest BCUT2D eigenvalue weighted by Crippen LogP contribution is 2.47. The SMILES string of the molecule is CC(=O)N1C(C)CC(=C2c3ccccc3Sc3cccnc32)CC1C. The van der Waals surface area contributed by atoms with Crippen molar-refractivity contribution in [1.82, 2.24) is 9.88 Å². The van der Waals surface area contributed by atoms with Crippen molar-refractivity contribution in [3.63, 3.8) is 0 Å². The van der Waals surface area contributed by atoms with Crippen LogP contribution >= 0.6 is 11.8 Å². The number of hydrogen-bond acceptors (Lipinski definition) is 3. The predicted molar refractivity (Wildman–Crippen MR) is 102 cm³/mol. The Hall–Kier alpha value is -2.07. The van der Waals surface area contributed by atoms with Crippen LogP contribution in [0.25, 0.3) is 5.57 Å². The second-order valence-corrected chi connectivity index (χ2v) is 8.04. The number of carbonyl (C=O) groups excluding carboxylic acids is 1. The fourth-order valence-corrected chi connectivity index (χ4v) is 5.34. The molecule has 0 radical (unpaired) electrons. The quantitative estimate of drug-likeness (QED) is 0.586. The summed E-state index contributed by atoms with van der Waals surface area (Å²) in [7, 11) is 0. The molecule has 0 aliphatic carbocycles. The van der Waals surface area contributed by atoms with Crippen molar-refractivity contribution in [1.29, 1.82) is 0 Å². The molecule has 3 nitrogen and oxygen atoms in total. The predicted octanol–water partition coefficient (Wildman–Crippen LogP) is 4.77. The molecule has 4 rings (SSSR count). The molecule has 2 aliphatic heterocycles. The molecule has 2 unspecified atom stereocenters. The molecule has 3 heterocycles. The van der Waals surface area contributed by atoms with Gasteiger partial charge in [-0.3, -0.25) is 9.78 Å². The number of nitrogens with zero attached hydrogens (tertiary/aromatic N) is 2. The van der Waals surface area contributed by atoms with E-state index < -0.39 is 0 Å². The Labute approximate surface area is 153 Å². The van der Waals surface area contributed by atoms with Crippen LogP contribution in [0.15, 0.2) is 58.0 Å². The highest BCUT2D eigenvalue weighted by Gasteiger charge is 2.33. The van der Waals surface area contributed by atoms with Gasteiger partial charge in [-0.15, -0.1) is 0 Å². The van der Waals surface area contributed by atoms with Gasteiger partial charge in [-0.25, -0.2) is 0 Å². The summed E-state index contributed by atoms with van der Waals surface area (Å²) in [4.78, 5) is 21.2. The summed E-state index contributed by atoms with van der Waals surface area (Å²) < 4.78 is 0. The lowest BCUT2D eigenvalue weighted by atomic mass is 9.85. The minimum Gasteiger partial charge on any atom is -0.337 e. The number of pyridine rings is 1. The minimum atomic E-state index is 0.169. The van der Waals surface area contributed by atoms with Gasteiger partial charge in [0.15, 0.2) is 0 Å². The van der Waals surface area contributed by atoms with Crippen molar-refractivity contribution >= 4 is 23.2 Å². The zero-order chi connectivity index (χ0) is 17.6. The summed E-state index contributed by atoms with van der Waals surface area (Å²) in [6.45, 7) is 5.98. The smallest absolute Gasteiger partial charge is 0.219 e. The molecular formula is C21H22N2OS. The lowest BCUT2D eigenvalue weighted by Crippen LogP contribution is -2.47. The number of piperidine rings is 1. The van der Waals surface area contributed by atoms with Crippen LogP contribution in [0.2, 0.25) is 0 Å². The summed E-state index contributed by atoms with van der Waals surface area (Å²) >= 11 is 1.80. The molecule has 2 atom stereocenters. The Morgan fingerprint density at radius 1 is 1.08 bits per heavy atom. The molecule has 0 bridgehead atoms. The van der Waals surface area contributed by atoms with Gasteiger partial charge in [-0.05, 0) is 50.5 Å². The fourth-order valence-electron chi connectivity index (χ4n) is 4.28. The summed E-state index contributed by atoms with van der Waals surface area (Å²) in [5.74, 6) is 0.169. The van der Waals surface area contributed by atoms with E-state index >= 15 is 0 Å². The third kappa shape index (κ3) is 2.78. The van der Waals surface area contributed by atoms with Crippen molar-refractivity contribution in [2.24, 2.45) is 0 Å². The Kier molecular flexibility index (Phi) is 4.16. The maximum absolute atomic E-state index is 12.0. The van der Waals surface area contributed by atoms with Gasteiger partial charge >= 0.3 is 0 Å². The summed E-state index contributed by atoms with van der Waals surface area (Å²) in [6, 6.07) is 13.2. The average Bonchev–Trinajstić information content (AvgIpc) is 2.58. The van der Waals surface area contributed by atoms with Crippen molar-refractivity contribution in [3.05, 3.63) is 59.4 Å². The van der Waals surface area contributed by atoms with Gasteiger partial charge in [0.25, 0.3) is 0 Å². The zero-order valence-corrected chi connectivity index (χ0v) is 15.6. The third-order valence-corrected chi connectivity index (χ3v) is 6.26. The van der Waals surface area contributed by atoms with E-state index in [1.807, 2.05) is 17.2 Å². The zero-order valence-electron chi connectivity index (χ0n) is 14.8. The van der Waals surface area contributed by atoms with E-state index in [4.69, 9.17) is 4.98 Å². The first-order valence-corrected chi connectivity index (χ1v) is 9.61. The molecule has 128 valence electrons. The van der Waals surface area contributed by atoms with Gasteiger partial charge in [0.1, 0.15) is 0 Å². The number of rotatable bonds is 0. The number of carbonyl (C=O) groups is 1. The summed E-state index contributed by atoms with van der Waals surface area (Å²) in [6.07, 6.45) is 3.70. The maximum atomic E-state index is 12.0. The van der Waals surface area contributed by atoms with Crippen LogP contribution in [0, 0.1) is 0 Å². The van der Waals surface area contributed by atoms with Crippen LogP contribution in [0.1, 0.15) is 44.9 Å². The maximum Gasteiger partial charge on any atom is 0.219 e. The highest BCUT2D eigenvalue weighted by atomic mass is 32.2.